The molecule has 0 unspecified atom stereocenters. The molecule has 0 bridgehead atoms. The zero-order chi connectivity index (χ0) is 12.8. The maximum Gasteiger partial charge on any atom is 0.0662 e. The lowest BCUT2D eigenvalue weighted by molar-refractivity contribution is 0.632. The third kappa shape index (κ3) is 2.99. The van der Waals surface area contributed by atoms with Crippen molar-refractivity contribution in [2.45, 2.75) is 32.9 Å². The molecule has 0 aliphatic rings. The fourth-order valence-corrected chi connectivity index (χ4v) is 2.21. The summed E-state index contributed by atoms with van der Waals surface area (Å²) in [4.78, 5) is 0. The number of nitrogens with zero attached hydrogens (tertiary/aromatic N) is 2. The molecule has 0 aliphatic heterocycles. The van der Waals surface area contributed by atoms with Gasteiger partial charge in [-0.2, -0.15) is 5.10 Å². The van der Waals surface area contributed by atoms with E-state index in [0.717, 1.165) is 25.9 Å². The summed E-state index contributed by atoms with van der Waals surface area (Å²) in [6.07, 6.45) is 4.23. The quantitative estimate of drug-likeness (QED) is 0.845. The lowest BCUT2D eigenvalue weighted by Crippen LogP contribution is -2.10. The summed E-state index contributed by atoms with van der Waals surface area (Å²) in [7, 11) is 1.98. The second-order valence-electron chi connectivity index (χ2n) is 4.54. The van der Waals surface area contributed by atoms with E-state index in [9.17, 15) is 0 Å². The SMILES string of the molecule is CCCc1c(CNC)cnn1Cc1ccccc1. The highest BCUT2D eigenvalue weighted by Gasteiger charge is 2.09. The molecule has 0 radical (unpaired) electrons. The summed E-state index contributed by atoms with van der Waals surface area (Å²) in [5.41, 5.74) is 3.97. The fourth-order valence-electron chi connectivity index (χ4n) is 2.21. The van der Waals surface area contributed by atoms with Crippen molar-refractivity contribution < 1.29 is 0 Å². The Morgan fingerprint density at radius 1 is 1.22 bits per heavy atom. The molecule has 1 heterocycles. The minimum absolute atomic E-state index is 0.861. The van der Waals surface area contributed by atoms with Crippen LogP contribution in [0.4, 0.5) is 0 Å². The number of hydrogen-bond donors (Lipinski definition) is 1. The van der Waals surface area contributed by atoms with Crippen molar-refractivity contribution in [3.05, 3.63) is 53.3 Å². The number of hydrogen-bond acceptors (Lipinski definition) is 2. The summed E-state index contributed by atoms with van der Waals surface area (Å²) in [5, 5.41) is 7.73. The topological polar surface area (TPSA) is 29.9 Å². The third-order valence-corrected chi connectivity index (χ3v) is 3.06. The fraction of sp³-hybridized carbons (Fsp3) is 0.400. The largest absolute Gasteiger partial charge is 0.316 e. The van der Waals surface area contributed by atoms with Crippen molar-refractivity contribution in [1.29, 1.82) is 0 Å². The normalized spacial score (nSPS) is 10.8. The first-order valence-electron chi connectivity index (χ1n) is 6.57. The van der Waals surface area contributed by atoms with Crippen LogP contribution in [0.15, 0.2) is 36.5 Å². The van der Waals surface area contributed by atoms with Crippen LogP contribution in [0.3, 0.4) is 0 Å². The lowest BCUT2D eigenvalue weighted by Gasteiger charge is -2.09. The van der Waals surface area contributed by atoms with Crippen LogP contribution in [-0.2, 0) is 19.5 Å². The average molecular weight is 243 g/mol. The predicted molar refractivity (Wildman–Crippen MR) is 74.5 cm³/mol. The molecule has 2 rings (SSSR count). The van der Waals surface area contributed by atoms with E-state index < -0.39 is 0 Å². The first-order chi connectivity index (χ1) is 8.85. The van der Waals surface area contributed by atoms with Crippen molar-refractivity contribution in [3.63, 3.8) is 0 Å². The molecular formula is C15H21N3. The maximum atomic E-state index is 4.53. The van der Waals surface area contributed by atoms with Gasteiger partial charge >= 0.3 is 0 Å². The molecule has 96 valence electrons. The first kappa shape index (κ1) is 12.8. The molecule has 0 spiro atoms. The van der Waals surface area contributed by atoms with Gasteiger partial charge < -0.3 is 5.32 Å². The van der Waals surface area contributed by atoms with Crippen LogP contribution in [0.1, 0.15) is 30.2 Å². The van der Waals surface area contributed by atoms with Crippen LogP contribution >= 0.6 is 0 Å². The summed E-state index contributed by atoms with van der Waals surface area (Å²) in [6, 6.07) is 10.5. The third-order valence-electron chi connectivity index (χ3n) is 3.06. The van der Waals surface area contributed by atoms with Crippen LogP contribution in [0.25, 0.3) is 0 Å². The van der Waals surface area contributed by atoms with E-state index in [2.05, 4.69) is 46.3 Å². The number of rotatable bonds is 6. The Kier molecular flexibility index (Phi) is 4.53. The van der Waals surface area contributed by atoms with E-state index in [-0.39, 0.29) is 0 Å². The van der Waals surface area contributed by atoms with Crippen LogP contribution in [-0.4, -0.2) is 16.8 Å². The van der Waals surface area contributed by atoms with E-state index in [0.29, 0.717) is 0 Å². The molecule has 1 aromatic carbocycles. The van der Waals surface area contributed by atoms with E-state index in [1.54, 1.807) is 0 Å². The molecule has 0 amide bonds. The summed E-state index contributed by atoms with van der Waals surface area (Å²) >= 11 is 0. The summed E-state index contributed by atoms with van der Waals surface area (Å²) < 4.78 is 2.13. The molecule has 0 aliphatic carbocycles. The van der Waals surface area contributed by atoms with E-state index in [1.165, 1.54) is 16.8 Å². The van der Waals surface area contributed by atoms with Gasteiger partial charge in [0.15, 0.2) is 0 Å². The molecule has 3 nitrogen and oxygen atoms in total. The van der Waals surface area contributed by atoms with Crippen LogP contribution in [0, 0.1) is 0 Å². The van der Waals surface area contributed by atoms with Gasteiger partial charge in [-0.1, -0.05) is 43.7 Å². The Labute approximate surface area is 109 Å². The van der Waals surface area contributed by atoms with Crippen molar-refractivity contribution >= 4 is 0 Å². The molecule has 3 heteroatoms. The van der Waals surface area contributed by atoms with E-state index in [1.807, 2.05) is 19.3 Å². The number of nitrogens with one attached hydrogen (secondary N) is 1. The predicted octanol–water partition coefficient (Wildman–Crippen LogP) is 2.60. The lowest BCUT2D eigenvalue weighted by atomic mass is 10.1. The number of aromatic nitrogens is 2. The molecule has 0 atom stereocenters. The van der Waals surface area contributed by atoms with Crippen LogP contribution in [0.2, 0.25) is 0 Å². The smallest absolute Gasteiger partial charge is 0.0662 e. The van der Waals surface area contributed by atoms with E-state index in [4.69, 9.17) is 0 Å². The standard InChI is InChI=1S/C15H21N3/c1-3-7-15-14(10-16-2)11-17-18(15)12-13-8-5-4-6-9-13/h4-6,8-9,11,16H,3,7,10,12H2,1-2H3. The molecule has 18 heavy (non-hydrogen) atoms. The molecule has 2 aromatic rings. The minimum Gasteiger partial charge on any atom is -0.316 e. The summed E-state index contributed by atoms with van der Waals surface area (Å²) in [5.74, 6) is 0. The Hall–Kier alpha value is -1.61. The Balaban J connectivity index is 2.21. The van der Waals surface area contributed by atoms with Gasteiger partial charge in [0.25, 0.3) is 0 Å². The van der Waals surface area contributed by atoms with Gasteiger partial charge in [-0.15, -0.1) is 0 Å². The molecule has 1 aromatic heterocycles. The minimum atomic E-state index is 0.861. The second-order valence-corrected chi connectivity index (χ2v) is 4.54. The monoisotopic (exact) mass is 243 g/mol. The van der Waals surface area contributed by atoms with Gasteiger partial charge in [-0.3, -0.25) is 4.68 Å². The van der Waals surface area contributed by atoms with Crippen LogP contribution in [0.5, 0.6) is 0 Å². The van der Waals surface area contributed by atoms with Crippen LogP contribution < -0.4 is 5.32 Å². The molecule has 1 N–H and O–H groups in total. The van der Waals surface area contributed by atoms with E-state index >= 15 is 0 Å². The maximum absolute atomic E-state index is 4.53. The number of benzene rings is 1. The second kappa shape index (κ2) is 6.36. The molecule has 0 saturated heterocycles. The molecule has 0 fully saturated rings. The highest BCUT2D eigenvalue weighted by atomic mass is 15.3. The van der Waals surface area contributed by atoms with Gasteiger partial charge in [0.1, 0.15) is 0 Å². The zero-order valence-electron chi connectivity index (χ0n) is 11.2. The summed E-state index contributed by atoms with van der Waals surface area (Å²) in [6.45, 7) is 3.97. The van der Waals surface area contributed by atoms with Gasteiger partial charge in [0.05, 0.1) is 12.7 Å². The first-order valence-corrected chi connectivity index (χ1v) is 6.57. The molecule has 0 saturated carbocycles. The highest BCUT2D eigenvalue weighted by Crippen LogP contribution is 2.13. The Bertz CT molecular complexity index is 474. The van der Waals surface area contributed by atoms with Crippen molar-refractivity contribution in [3.8, 4) is 0 Å². The Morgan fingerprint density at radius 3 is 2.67 bits per heavy atom. The van der Waals surface area contributed by atoms with Gasteiger partial charge in [0, 0.05) is 17.8 Å². The van der Waals surface area contributed by atoms with Gasteiger partial charge in [-0.05, 0) is 19.0 Å². The molecular weight excluding hydrogens is 222 g/mol. The Morgan fingerprint density at radius 2 is 2.00 bits per heavy atom. The zero-order valence-corrected chi connectivity index (χ0v) is 11.2. The van der Waals surface area contributed by atoms with Crippen molar-refractivity contribution in [1.82, 2.24) is 15.1 Å². The van der Waals surface area contributed by atoms with Crippen molar-refractivity contribution in [2.75, 3.05) is 7.05 Å². The van der Waals surface area contributed by atoms with Crippen molar-refractivity contribution in [2.24, 2.45) is 0 Å². The average Bonchev–Trinajstić information content (AvgIpc) is 2.75. The highest BCUT2D eigenvalue weighted by molar-refractivity contribution is 5.21. The van der Waals surface area contributed by atoms with Gasteiger partial charge in [0.2, 0.25) is 0 Å². The van der Waals surface area contributed by atoms with Gasteiger partial charge in [-0.25, -0.2) is 0 Å².